The van der Waals surface area contributed by atoms with Gasteiger partial charge in [0.25, 0.3) is 0 Å². The van der Waals surface area contributed by atoms with Gasteiger partial charge in [-0.1, -0.05) is 30.3 Å². The Balaban J connectivity index is 1.55. The first kappa shape index (κ1) is 14.4. The second kappa shape index (κ2) is 6.14. The van der Waals surface area contributed by atoms with Crippen molar-refractivity contribution in [2.75, 3.05) is 26.3 Å². The van der Waals surface area contributed by atoms with E-state index in [2.05, 4.69) is 32.5 Å². The summed E-state index contributed by atoms with van der Waals surface area (Å²) in [5.41, 5.74) is 3.34. The van der Waals surface area contributed by atoms with Crippen LogP contribution >= 0.6 is 0 Å². The number of benzene rings is 1. The van der Waals surface area contributed by atoms with Gasteiger partial charge in [-0.2, -0.15) is 5.10 Å². The van der Waals surface area contributed by atoms with Crippen molar-refractivity contribution in [3.8, 4) is 11.3 Å². The molecule has 0 radical (unpaired) electrons. The highest BCUT2D eigenvalue weighted by Crippen LogP contribution is 2.23. The number of H-pyrrole nitrogens is 1. The first-order valence-corrected chi connectivity index (χ1v) is 7.98. The van der Waals surface area contributed by atoms with Crippen molar-refractivity contribution < 1.29 is 9.53 Å². The van der Waals surface area contributed by atoms with E-state index in [-0.39, 0.29) is 17.9 Å². The summed E-state index contributed by atoms with van der Waals surface area (Å²) in [4.78, 5) is 14.4. The molecule has 23 heavy (non-hydrogen) atoms. The molecule has 1 amide bonds. The lowest BCUT2D eigenvalue weighted by Crippen LogP contribution is -2.41. The lowest BCUT2D eigenvalue weighted by atomic mass is 10.1. The molecule has 6 heteroatoms. The van der Waals surface area contributed by atoms with Crippen LogP contribution in [0.3, 0.4) is 0 Å². The average molecular weight is 312 g/mol. The molecule has 120 valence electrons. The van der Waals surface area contributed by atoms with Gasteiger partial charge in [0.05, 0.1) is 37.1 Å². The van der Waals surface area contributed by atoms with Gasteiger partial charge in [0, 0.05) is 25.2 Å². The van der Waals surface area contributed by atoms with Crippen LogP contribution in [0.25, 0.3) is 11.3 Å². The molecule has 1 aromatic heterocycles. The zero-order valence-electron chi connectivity index (χ0n) is 12.9. The van der Waals surface area contributed by atoms with Crippen LogP contribution < -0.4 is 5.32 Å². The summed E-state index contributed by atoms with van der Waals surface area (Å²) in [5, 5.41) is 10.4. The van der Waals surface area contributed by atoms with Gasteiger partial charge in [0.1, 0.15) is 0 Å². The maximum Gasteiger partial charge on any atom is 0.227 e. The standard InChI is InChI=1S/C17H20N4O2/c22-17-14-8-21(9-15(19-17)11-23-10-14)7-13-6-18-20-16(13)12-4-2-1-3-5-12/h1-6,14-15H,7-11H2,(H,18,20)(H,19,22)/t14-,15+/m1/s1. The number of aromatic amines is 1. The fraction of sp³-hybridized carbons (Fsp3) is 0.412. The number of rotatable bonds is 3. The first-order chi connectivity index (χ1) is 11.3. The molecule has 0 unspecified atom stereocenters. The molecule has 0 saturated carbocycles. The first-order valence-electron chi connectivity index (χ1n) is 7.98. The third kappa shape index (κ3) is 3.00. The molecular formula is C17H20N4O2. The van der Waals surface area contributed by atoms with E-state index in [1.165, 1.54) is 0 Å². The monoisotopic (exact) mass is 312 g/mol. The van der Waals surface area contributed by atoms with Crippen LogP contribution in [0.1, 0.15) is 5.56 Å². The minimum absolute atomic E-state index is 0.0714. The average Bonchev–Trinajstić information content (AvgIpc) is 2.86. The highest BCUT2D eigenvalue weighted by atomic mass is 16.5. The minimum atomic E-state index is -0.0884. The summed E-state index contributed by atoms with van der Waals surface area (Å²) >= 11 is 0. The molecule has 2 atom stereocenters. The van der Waals surface area contributed by atoms with Crippen molar-refractivity contribution >= 4 is 5.91 Å². The predicted octanol–water partition coefficient (Wildman–Crippen LogP) is 1.02. The third-order valence-electron chi connectivity index (χ3n) is 4.49. The van der Waals surface area contributed by atoms with Crippen molar-refractivity contribution in [2.24, 2.45) is 5.92 Å². The molecule has 4 rings (SSSR count). The van der Waals surface area contributed by atoms with Gasteiger partial charge in [-0.25, -0.2) is 0 Å². The van der Waals surface area contributed by atoms with Crippen LogP contribution in [0.5, 0.6) is 0 Å². The summed E-state index contributed by atoms with van der Waals surface area (Å²) in [6.45, 7) is 3.41. The van der Waals surface area contributed by atoms with Crippen molar-refractivity contribution in [3.63, 3.8) is 0 Å². The fourth-order valence-corrected chi connectivity index (χ4v) is 3.38. The van der Waals surface area contributed by atoms with Gasteiger partial charge in [-0.05, 0) is 5.56 Å². The lowest BCUT2D eigenvalue weighted by Gasteiger charge is -2.27. The van der Waals surface area contributed by atoms with Gasteiger partial charge in [-0.15, -0.1) is 0 Å². The Morgan fingerprint density at radius 2 is 2.09 bits per heavy atom. The number of amides is 1. The summed E-state index contributed by atoms with van der Waals surface area (Å²) in [5.74, 6) is 0.0278. The van der Waals surface area contributed by atoms with E-state index in [4.69, 9.17) is 4.74 Å². The largest absolute Gasteiger partial charge is 0.378 e. The topological polar surface area (TPSA) is 70.2 Å². The van der Waals surface area contributed by atoms with Crippen LogP contribution in [0.15, 0.2) is 36.5 Å². The number of nitrogens with zero attached hydrogens (tertiary/aromatic N) is 2. The van der Waals surface area contributed by atoms with Crippen LogP contribution in [0.2, 0.25) is 0 Å². The molecule has 2 aliphatic heterocycles. The molecule has 2 saturated heterocycles. The van der Waals surface area contributed by atoms with E-state index in [0.717, 1.165) is 36.5 Å². The maximum atomic E-state index is 12.1. The quantitative estimate of drug-likeness (QED) is 0.888. The Bertz CT molecular complexity index is 685. The summed E-state index contributed by atoms with van der Waals surface area (Å²) in [6.07, 6.45) is 1.88. The Hall–Kier alpha value is -2.18. The SMILES string of the molecule is O=C1N[C@@H]2COC[C@H]1CN(Cc1cn[nH]c1-c1ccccc1)C2. The normalized spacial score (nSPS) is 25.0. The fourth-order valence-electron chi connectivity index (χ4n) is 3.38. The van der Waals surface area contributed by atoms with Crippen molar-refractivity contribution in [1.29, 1.82) is 0 Å². The van der Waals surface area contributed by atoms with Gasteiger partial charge in [0.15, 0.2) is 0 Å². The van der Waals surface area contributed by atoms with Gasteiger partial charge in [-0.3, -0.25) is 14.8 Å². The van der Waals surface area contributed by atoms with Crippen molar-refractivity contribution in [3.05, 3.63) is 42.1 Å². The Kier molecular flexibility index (Phi) is 3.85. The number of carbonyl (C=O) groups is 1. The highest BCUT2D eigenvalue weighted by molar-refractivity contribution is 5.80. The Labute approximate surface area is 134 Å². The van der Waals surface area contributed by atoms with E-state index in [9.17, 15) is 4.79 Å². The maximum absolute atomic E-state index is 12.1. The Morgan fingerprint density at radius 3 is 2.96 bits per heavy atom. The number of aromatic nitrogens is 2. The van der Waals surface area contributed by atoms with Crippen LogP contribution in [0, 0.1) is 5.92 Å². The zero-order valence-corrected chi connectivity index (χ0v) is 12.9. The lowest BCUT2D eigenvalue weighted by molar-refractivity contribution is -0.125. The second-order valence-electron chi connectivity index (χ2n) is 6.27. The second-order valence-corrected chi connectivity index (χ2v) is 6.27. The third-order valence-corrected chi connectivity index (χ3v) is 4.49. The highest BCUT2D eigenvalue weighted by Gasteiger charge is 2.33. The summed E-state index contributed by atoms with van der Waals surface area (Å²) < 4.78 is 5.58. The van der Waals surface area contributed by atoms with E-state index in [1.54, 1.807) is 0 Å². The Morgan fingerprint density at radius 1 is 1.22 bits per heavy atom. The number of fused-ring (bicyclic) bond motifs is 3. The van der Waals surface area contributed by atoms with E-state index in [0.29, 0.717) is 13.2 Å². The van der Waals surface area contributed by atoms with E-state index in [1.807, 2.05) is 24.4 Å². The number of hydrogen-bond acceptors (Lipinski definition) is 4. The van der Waals surface area contributed by atoms with Crippen molar-refractivity contribution in [2.45, 2.75) is 12.6 Å². The van der Waals surface area contributed by atoms with Gasteiger partial charge < -0.3 is 10.1 Å². The molecule has 2 bridgehead atoms. The molecular weight excluding hydrogens is 292 g/mol. The summed E-state index contributed by atoms with van der Waals surface area (Å²) in [7, 11) is 0. The number of ether oxygens (including phenoxy) is 1. The smallest absolute Gasteiger partial charge is 0.227 e. The molecule has 2 N–H and O–H groups in total. The van der Waals surface area contributed by atoms with E-state index < -0.39 is 0 Å². The predicted molar refractivity (Wildman–Crippen MR) is 85.5 cm³/mol. The number of carbonyl (C=O) groups excluding carboxylic acids is 1. The number of hydrogen-bond donors (Lipinski definition) is 2. The number of nitrogens with one attached hydrogen (secondary N) is 2. The van der Waals surface area contributed by atoms with Gasteiger partial charge in [0.2, 0.25) is 5.91 Å². The van der Waals surface area contributed by atoms with Crippen LogP contribution in [-0.4, -0.2) is 53.3 Å². The molecule has 2 fully saturated rings. The van der Waals surface area contributed by atoms with Crippen molar-refractivity contribution in [1.82, 2.24) is 20.4 Å². The molecule has 0 aliphatic carbocycles. The zero-order chi connectivity index (χ0) is 15.6. The molecule has 2 aliphatic rings. The minimum Gasteiger partial charge on any atom is -0.378 e. The van der Waals surface area contributed by atoms with Crippen LogP contribution in [0.4, 0.5) is 0 Å². The summed E-state index contributed by atoms with van der Waals surface area (Å²) in [6, 6.07) is 10.3. The molecule has 0 spiro atoms. The molecule has 2 aromatic rings. The molecule has 3 heterocycles. The van der Waals surface area contributed by atoms with E-state index >= 15 is 0 Å². The van der Waals surface area contributed by atoms with Gasteiger partial charge >= 0.3 is 0 Å². The molecule has 6 nitrogen and oxygen atoms in total. The van der Waals surface area contributed by atoms with Crippen LogP contribution in [-0.2, 0) is 16.1 Å². The molecule has 1 aromatic carbocycles.